The number of nitrogens with two attached hydrogens (primary N) is 1. The summed E-state index contributed by atoms with van der Waals surface area (Å²) < 4.78 is 11.5. The summed E-state index contributed by atoms with van der Waals surface area (Å²) >= 11 is 1.71. The molecule has 0 aromatic heterocycles. The Bertz CT molecular complexity index is 1820. The van der Waals surface area contributed by atoms with Crippen molar-refractivity contribution in [3.63, 3.8) is 0 Å². The Hall–Kier alpha value is -3.59. The van der Waals surface area contributed by atoms with Crippen LogP contribution in [0.1, 0.15) is 122 Å². The van der Waals surface area contributed by atoms with Crippen molar-refractivity contribution in [3.05, 3.63) is 58.7 Å². The number of carbonyl (C=O) groups excluding carboxylic acids is 4. The topological polar surface area (TPSA) is 125 Å². The molecule has 50 heavy (non-hydrogen) atoms. The first-order chi connectivity index (χ1) is 23.3. The van der Waals surface area contributed by atoms with Gasteiger partial charge in [0.05, 0.1) is 5.25 Å². The molecular formula is C41H52N2O6S. The summed E-state index contributed by atoms with van der Waals surface area (Å²) in [7, 11) is 0. The van der Waals surface area contributed by atoms with E-state index < -0.39 is 17.4 Å². The van der Waals surface area contributed by atoms with E-state index in [4.69, 9.17) is 15.2 Å². The number of carbonyl (C=O) groups is 4. The number of anilines is 1. The zero-order chi connectivity index (χ0) is 36.6. The lowest BCUT2D eigenvalue weighted by molar-refractivity contribution is -0.166. The van der Waals surface area contributed by atoms with Gasteiger partial charge in [0.1, 0.15) is 0 Å². The van der Waals surface area contributed by atoms with Crippen LogP contribution in [0.3, 0.4) is 0 Å². The molecule has 0 saturated heterocycles. The van der Waals surface area contributed by atoms with E-state index in [-0.39, 0.29) is 50.2 Å². The summed E-state index contributed by atoms with van der Waals surface area (Å²) in [6.07, 6.45) is 9.06. The van der Waals surface area contributed by atoms with Crippen molar-refractivity contribution in [2.75, 3.05) is 5.32 Å². The fraction of sp³-hybridized carbons (Fsp3) is 0.561. The lowest BCUT2D eigenvalue weighted by Crippen LogP contribution is -2.63. The Kier molecular flexibility index (Phi) is 8.89. The lowest BCUT2D eigenvalue weighted by atomic mass is 9.34. The molecule has 0 bridgehead atoms. The molecular weight excluding hydrogens is 649 g/mol. The molecule has 3 fully saturated rings. The lowest BCUT2D eigenvalue weighted by Gasteiger charge is -2.70. The molecule has 0 heterocycles. The van der Waals surface area contributed by atoms with E-state index in [0.29, 0.717) is 5.92 Å². The van der Waals surface area contributed by atoms with E-state index in [2.05, 4.69) is 46.0 Å². The molecule has 268 valence electrons. The molecule has 9 heteroatoms. The summed E-state index contributed by atoms with van der Waals surface area (Å²) in [5.41, 5.74) is 10.1. The van der Waals surface area contributed by atoms with E-state index in [0.717, 1.165) is 72.2 Å². The highest BCUT2D eigenvalue weighted by Crippen LogP contribution is 2.75. The second-order valence-electron chi connectivity index (χ2n) is 16.7. The Morgan fingerprint density at radius 3 is 2.10 bits per heavy atom. The number of allylic oxidation sites excluding steroid dienone is 1. The van der Waals surface area contributed by atoms with Gasteiger partial charge in [0, 0.05) is 47.7 Å². The zero-order valence-electron chi connectivity index (χ0n) is 31.0. The first-order valence-corrected chi connectivity index (χ1v) is 18.8. The van der Waals surface area contributed by atoms with Crippen LogP contribution < -0.4 is 20.5 Å². The number of primary amides is 1. The van der Waals surface area contributed by atoms with Gasteiger partial charge in [0.2, 0.25) is 11.8 Å². The van der Waals surface area contributed by atoms with Gasteiger partial charge < -0.3 is 20.5 Å². The highest BCUT2D eigenvalue weighted by atomic mass is 32.2. The summed E-state index contributed by atoms with van der Waals surface area (Å²) in [6.45, 7) is 17.9. The number of esters is 2. The van der Waals surface area contributed by atoms with Gasteiger partial charge in [-0.25, -0.2) is 0 Å². The minimum atomic E-state index is -0.523. The predicted molar refractivity (Wildman–Crippen MR) is 196 cm³/mol. The van der Waals surface area contributed by atoms with Crippen molar-refractivity contribution in [2.45, 2.75) is 123 Å². The quantitative estimate of drug-likeness (QED) is 0.175. The molecule has 6 rings (SSSR count). The molecule has 0 radical (unpaired) electrons. The van der Waals surface area contributed by atoms with Gasteiger partial charge in [-0.1, -0.05) is 46.3 Å². The molecule has 3 saturated carbocycles. The summed E-state index contributed by atoms with van der Waals surface area (Å²) in [6, 6.07) is 9.80. The van der Waals surface area contributed by atoms with Crippen LogP contribution in [0.2, 0.25) is 0 Å². The molecule has 4 aliphatic carbocycles. The number of benzene rings is 2. The number of hydrogen-bond acceptors (Lipinski definition) is 7. The highest BCUT2D eigenvalue weighted by Gasteiger charge is 2.67. The van der Waals surface area contributed by atoms with Crippen LogP contribution in [0, 0.1) is 34.5 Å². The Labute approximate surface area is 300 Å². The molecule has 3 N–H and O–H groups in total. The van der Waals surface area contributed by atoms with Gasteiger partial charge >= 0.3 is 11.9 Å². The Balaban J connectivity index is 1.54. The van der Waals surface area contributed by atoms with Crippen molar-refractivity contribution >= 4 is 41.2 Å². The summed E-state index contributed by atoms with van der Waals surface area (Å²) in [5, 5.41) is 2.71. The van der Waals surface area contributed by atoms with Crippen molar-refractivity contribution in [1.82, 2.24) is 0 Å². The van der Waals surface area contributed by atoms with Crippen LogP contribution in [0.25, 0.3) is 0 Å². The smallest absolute Gasteiger partial charge is 0.308 e. The number of amides is 2. The first kappa shape index (κ1) is 36.2. The number of rotatable bonds is 6. The van der Waals surface area contributed by atoms with E-state index in [1.807, 2.05) is 37.3 Å². The molecule has 2 aromatic rings. The van der Waals surface area contributed by atoms with Crippen LogP contribution in [0.15, 0.2) is 46.9 Å². The number of hydrogen-bond donors (Lipinski definition) is 2. The van der Waals surface area contributed by atoms with Crippen molar-refractivity contribution in [1.29, 1.82) is 0 Å². The average molecular weight is 701 g/mol. The monoisotopic (exact) mass is 700 g/mol. The minimum Gasteiger partial charge on any atom is -0.423 e. The zero-order valence-corrected chi connectivity index (χ0v) is 31.8. The second-order valence-corrected chi connectivity index (χ2v) is 17.9. The van der Waals surface area contributed by atoms with E-state index in [1.165, 1.54) is 26.3 Å². The fourth-order valence-electron chi connectivity index (χ4n) is 10.5. The number of ether oxygens (including phenoxy) is 2. The van der Waals surface area contributed by atoms with Crippen LogP contribution in [0.5, 0.6) is 11.5 Å². The average Bonchev–Trinajstić information content (AvgIpc) is 3.02. The number of thioether (sulfide) groups is 1. The van der Waals surface area contributed by atoms with Gasteiger partial charge in [-0.2, -0.15) is 0 Å². The second kappa shape index (κ2) is 12.3. The molecule has 7 atom stereocenters. The molecule has 2 aromatic carbocycles. The van der Waals surface area contributed by atoms with Gasteiger partial charge in [-0.05, 0) is 115 Å². The maximum Gasteiger partial charge on any atom is 0.308 e. The Morgan fingerprint density at radius 1 is 0.860 bits per heavy atom. The SMILES string of the molecule is CC(=O)Nc1ccc(SC2C=C3[C@]4(C)CC[C@@]5(C)CC[C@@](C)(C(N)=O)C[C@H]5[C@]4(C)CC[C@@]3(C)c3cc(OC(C)=O)c(OC(C)=O)c(C)c32)cc1. The first-order valence-electron chi connectivity index (χ1n) is 17.9. The van der Waals surface area contributed by atoms with E-state index in [9.17, 15) is 19.2 Å². The largest absolute Gasteiger partial charge is 0.423 e. The molecule has 2 amide bonds. The number of nitrogens with one attached hydrogen (secondary N) is 1. The van der Waals surface area contributed by atoms with Gasteiger partial charge in [-0.3, -0.25) is 19.2 Å². The van der Waals surface area contributed by atoms with Crippen LogP contribution in [-0.4, -0.2) is 23.8 Å². The van der Waals surface area contributed by atoms with Gasteiger partial charge in [0.25, 0.3) is 0 Å². The van der Waals surface area contributed by atoms with Crippen LogP contribution in [-0.2, 0) is 24.6 Å². The predicted octanol–water partition coefficient (Wildman–Crippen LogP) is 8.73. The maximum atomic E-state index is 12.9. The molecule has 1 unspecified atom stereocenters. The fourth-order valence-corrected chi connectivity index (χ4v) is 11.7. The van der Waals surface area contributed by atoms with Gasteiger partial charge in [0.15, 0.2) is 11.5 Å². The minimum absolute atomic E-state index is 0.0827. The third-order valence-electron chi connectivity index (χ3n) is 13.6. The van der Waals surface area contributed by atoms with Gasteiger partial charge in [-0.15, -0.1) is 11.8 Å². The molecule has 0 spiro atoms. The summed E-state index contributed by atoms with van der Waals surface area (Å²) in [4.78, 5) is 50.3. The van der Waals surface area contributed by atoms with Crippen molar-refractivity contribution in [2.24, 2.45) is 33.3 Å². The van der Waals surface area contributed by atoms with Crippen LogP contribution >= 0.6 is 11.8 Å². The molecule has 4 aliphatic rings. The number of fused-ring (bicyclic) bond motifs is 7. The van der Waals surface area contributed by atoms with E-state index >= 15 is 0 Å². The standard InChI is InChI=1S/C41H52N2O6S/c1-23-34-29(20-30(48-25(3)45)35(23)49-26(4)46)39(7)17-19-41(9)33-22-38(6,36(42)47)15-14-37(33,5)16-18-40(41,8)32(39)21-31(34)50-28-12-10-27(11-13-28)43-24(2)44/h10-13,20-21,31,33H,14-19,22H2,1-9H3,(H2,42,47)(H,43,44)/t31?,33-,37-,38-,39+,40+,41+/m1/s1. The highest BCUT2D eigenvalue weighted by molar-refractivity contribution is 7.99. The molecule has 8 nitrogen and oxygen atoms in total. The maximum absolute atomic E-state index is 12.9. The van der Waals surface area contributed by atoms with Crippen LogP contribution in [0.4, 0.5) is 5.69 Å². The molecule has 0 aliphatic heterocycles. The third-order valence-corrected chi connectivity index (χ3v) is 14.7. The van der Waals surface area contributed by atoms with Crippen molar-refractivity contribution < 1.29 is 28.7 Å². The summed E-state index contributed by atoms with van der Waals surface area (Å²) in [5.74, 6) is -0.438. The van der Waals surface area contributed by atoms with Crippen molar-refractivity contribution in [3.8, 4) is 11.5 Å². The van der Waals surface area contributed by atoms with E-state index in [1.54, 1.807) is 11.8 Å². The third kappa shape index (κ3) is 5.68. The normalized spacial score (nSPS) is 34.1. The Morgan fingerprint density at radius 2 is 1.50 bits per heavy atom.